The monoisotopic (exact) mass is 581 g/mol. The van der Waals surface area contributed by atoms with Crippen LogP contribution < -0.4 is 9.47 Å². The average molecular weight is 582 g/mol. The van der Waals surface area contributed by atoms with E-state index in [0.29, 0.717) is 31.1 Å². The minimum atomic E-state index is -1.10. The Labute approximate surface area is 252 Å². The summed E-state index contributed by atoms with van der Waals surface area (Å²) in [5.74, 6) is 0.235. The Bertz CT molecular complexity index is 1530. The summed E-state index contributed by atoms with van der Waals surface area (Å²) in [6.07, 6.45) is -0.374. The molecule has 222 valence electrons. The largest absolute Gasteiger partial charge is 0.493 e. The molecule has 1 N–H and O–H groups in total. The van der Waals surface area contributed by atoms with E-state index in [-0.39, 0.29) is 6.42 Å². The number of hydrogen-bond acceptors (Lipinski definition) is 5. The molecule has 1 aliphatic heterocycles. The van der Waals surface area contributed by atoms with Gasteiger partial charge in [0.1, 0.15) is 29.7 Å². The van der Waals surface area contributed by atoms with Gasteiger partial charge in [0.15, 0.2) is 6.10 Å². The van der Waals surface area contributed by atoms with Crippen molar-refractivity contribution in [1.29, 1.82) is 0 Å². The molecule has 0 amide bonds. The zero-order valence-electron chi connectivity index (χ0n) is 24.6. The molecule has 1 unspecified atom stereocenters. The van der Waals surface area contributed by atoms with Crippen LogP contribution in [0.1, 0.15) is 38.3 Å². The Morgan fingerprint density at radius 2 is 1.47 bits per heavy atom. The van der Waals surface area contributed by atoms with Gasteiger partial charge in [0, 0.05) is 12.8 Å². The Kier molecular flexibility index (Phi) is 11.1. The maximum atomic E-state index is 13.1. The average Bonchev–Trinajstić information content (AvgIpc) is 3.05. The van der Waals surface area contributed by atoms with E-state index in [9.17, 15) is 14.3 Å². The number of carboxylic acid groups (broad SMARTS) is 1. The predicted molar refractivity (Wildman–Crippen MR) is 167 cm³/mol. The SMILES string of the molecule is CC.CC1=C(CCOc2ccc(CC(Oc3ccc(F)cc3)C(=O)O)cc2)N=C(c2ccc(-c3ccccc3)cc2)CO1. The van der Waals surface area contributed by atoms with Crippen LogP contribution >= 0.6 is 0 Å². The first-order chi connectivity index (χ1) is 20.9. The Balaban J connectivity index is 0.00000207. The van der Waals surface area contributed by atoms with Crippen molar-refractivity contribution in [3.8, 4) is 22.6 Å². The molecular weight excluding hydrogens is 545 g/mol. The number of ether oxygens (including phenoxy) is 3. The molecule has 0 bridgehead atoms. The highest BCUT2D eigenvalue weighted by Gasteiger charge is 2.20. The van der Waals surface area contributed by atoms with Gasteiger partial charge < -0.3 is 19.3 Å². The van der Waals surface area contributed by atoms with E-state index in [0.717, 1.165) is 33.9 Å². The van der Waals surface area contributed by atoms with E-state index in [1.54, 1.807) is 12.1 Å². The van der Waals surface area contributed by atoms with Crippen LogP contribution in [-0.4, -0.2) is 36.1 Å². The smallest absolute Gasteiger partial charge is 0.345 e. The third kappa shape index (κ3) is 8.79. The van der Waals surface area contributed by atoms with Crippen molar-refractivity contribution >= 4 is 11.7 Å². The zero-order valence-corrected chi connectivity index (χ0v) is 24.6. The van der Waals surface area contributed by atoms with Crippen molar-refractivity contribution < 1.29 is 28.5 Å². The number of nitrogens with zero attached hydrogens (tertiary/aromatic N) is 1. The summed E-state index contributed by atoms with van der Waals surface area (Å²) in [7, 11) is 0. The van der Waals surface area contributed by atoms with E-state index in [4.69, 9.17) is 19.2 Å². The van der Waals surface area contributed by atoms with Gasteiger partial charge in [-0.25, -0.2) is 14.2 Å². The summed E-state index contributed by atoms with van der Waals surface area (Å²) in [5.41, 5.74) is 5.84. The molecule has 5 rings (SSSR count). The normalized spacial score (nSPS) is 13.2. The molecule has 4 aromatic rings. The van der Waals surface area contributed by atoms with Crippen LogP contribution in [0.15, 0.2) is 120 Å². The molecule has 1 heterocycles. The van der Waals surface area contributed by atoms with Gasteiger partial charge in [0.2, 0.25) is 0 Å². The van der Waals surface area contributed by atoms with Gasteiger partial charge in [-0.2, -0.15) is 0 Å². The molecule has 4 aromatic carbocycles. The Morgan fingerprint density at radius 3 is 2.12 bits per heavy atom. The van der Waals surface area contributed by atoms with Crippen LogP contribution in [0.5, 0.6) is 11.5 Å². The fourth-order valence-electron chi connectivity index (χ4n) is 4.46. The van der Waals surface area contributed by atoms with Crippen LogP contribution in [-0.2, 0) is 16.0 Å². The lowest BCUT2D eigenvalue weighted by atomic mass is 10.0. The van der Waals surface area contributed by atoms with Gasteiger partial charge in [-0.15, -0.1) is 0 Å². The molecule has 0 saturated carbocycles. The lowest BCUT2D eigenvalue weighted by molar-refractivity contribution is -0.145. The van der Waals surface area contributed by atoms with Crippen LogP contribution in [0.3, 0.4) is 0 Å². The summed E-state index contributed by atoms with van der Waals surface area (Å²) < 4.78 is 30.5. The molecule has 7 heteroatoms. The van der Waals surface area contributed by atoms with Crippen LogP contribution in [0, 0.1) is 5.82 Å². The van der Waals surface area contributed by atoms with Gasteiger partial charge in [-0.05, 0) is 65.6 Å². The minimum absolute atomic E-state index is 0.153. The van der Waals surface area contributed by atoms with Crippen molar-refractivity contribution in [2.45, 2.75) is 39.7 Å². The van der Waals surface area contributed by atoms with Crippen molar-refractivity contribution in [3.05, 3.63) is 132 Å². The fraction of sp³-hybridized carbons (Fsp3) is 0.222. The first kappa shape index (κ1) is 31.0. The second-order valence-corrected chi connectivity index (χ2v) is 9.64. The lowest BCUT2D eigenvalue weighted by Crippen LogP contribution is -2.29. The Hall–Kier alpha value is -4.91. The van der Waals surface area contributed by atoms with Crippen molar-refractivity contribution in [2.24, 2.45) is 4.99 Å². The first-order valence-electron chi connectivity index (χ1n) is 14.4. The molecule has 0 radical (unpaired) electrons. The van der Waals surface area contributed by atoms with E-state index in [1.807, 2.05) is 51.1 Å². The third-order valence-electron chi connectivity index (χ3n) is 6.75. The standard InChI is InChI=1S/C34H30FNO5.C2H6/c1-23-31(36-32(22-40-23)27-11-9-26(10-12-27)25-5-3-2-4-6-25)19-20-39-29-15-7-24(8-16-29)21-33(34(37)38)41-30-17-13-28(35)14-18-30;1-2/h2-18,33H,19-22H2,1H3,(H,37,38);1-2H3. The highest BCUT2D eigenvalue weighted by atomic mass is 19.1. The molecule has 0 fully saturated rings. The summed E-state index contributed by atoms with van der Waals surface area (Å²) in [6, 6.07) is 31.1. The number of allylic oxidation sites excluding steroid dienone is 1. The highest BCUT2D eigenvalue weighted by Crippen LogP contribution is 2.24. The zero-order chi connectivity index (χ0) is 30.6. The van der Waals surface area contributed by atoms with Crippen LogP contribution in [0.2, 0.25) is 0 Å². The van der Waals surface area contributed by atoms with E-state index < -0.39 is 17.9 Å². The Morgan fingerprint density at radius 1 is 0.860 bits per heavy atom. The molecule has 0 aliphatic carbocycles. The van der Waals surface area contributed by atoms with E-state index in [2.05, 4.69) is 36.4 Å². The quantitative estimate of drug-likeness (QED) is 0.194. The van der Waals surface area contributed by atoms with Crippen LogP contribution in [0.4, 0.5) is 4.39 Å². The number of aliphatic carboxylic acids is 1. The van der Waals surface area contributed by atoms with E-state index >= 15 is 0 Å². The molecule has 0 spiro atoms. The number of benzene rings is 4. The lowest BCUT2D eigenvalue weighted by Gasteiger charge is -2.19. The summed E-state index contributed by atoms with van der Waals surface area (Å²) in [6.45, 7) is 6.74. The second-order valence-electron chi connectivity index (χ2n) is 9.64. The summed E-state index contributed by atoms with van der Waals surface area (Å²) >= 11 is 0. The molecular formula is C36H36FNO5. The van der Waals surface area contributed by atoms with Gasteiger partial charge in [0.05, 0.1) is 18.0 Å². The number of carbonyl (C=O) groups is 1. The minimum Gasteiger partial charge on any atom is -0.493 e. The number of hydrogen-bond donors (Lipinski definition) is 1. The fourth-order valence-corrected chi connectivity index (χ4v) is 4.46. The predicted octanol–water partition coefficient (Wildman–Crippen LogP) is 8.11. The van der Waals surface area contributed by atoms with Gasteiger partial charge in [-0.3, -0.25) is 0 Å². The number of halogens is 1. The number of carboxylic acids is 1. The number of rotatable bonds is 11. The molecule has 6 nitrogen and oxygen atoms in total. The summed E-state index contributed by atoms with van der Waals surface area (Å²) in [5, 5.41) is 9.57. The van der Waals surface area contributed by atoms with Crippen LogP contribution in [0.25, 0.3) is 11.1 Å². The van der Waals surface area contributed by atoms with Crippen molar-refractivity contribution in [2.75, 3.05) is 13.2 Å². The highest BCUT2D eigenvalue weighted by molar-refractivity contribution is 6.03. The molecule has 43 heavy (non-hydrogen) atoms. The second kappa shape index (κ2) is 15.4. The number of aliphatic imine (C=N–C) groups is 1. The topological polar surface area (TPSA) is 77.4 Å². The maximum Gasteiger partial charge on any atom is 0.345 e. The van der Waals surface area contributed by atoms with Gasteiger partial charge >= 0.3 is 5.97 Å². The molecule has 0 aromatic heterocycles. The molecule has 1 atom stereocenters. The first-order valence-corrected chi connectivity index (χ1v) is 14.4. The van der Waals surface area contributed by atoms with Gasteiger partial charge in [0.25, 0.3) is 0 Å². The third-order valence-corrected chi connectivity index (χ3v) is 6.75. The van der Waals surface area contributed by atoms with Crippen molar-refractivity contribution in [1.82, 2.24) is 0 Å². The molecule has 0 saturated heterocycles. The molecule has 1 aliphatic rings. The maximum absolute atomic E-state index is 13.1. The van der Waals surface area contributed by atoms with E-state index in [1.165, 1.54) is 29.8 Å². The van der Waals surface area contributed by atoms with Crippen molar-refractivity contribution in [3.63, 3.8) is 0 Å². The summed E-state index contributed by atoms with van der Waals surface area (Å²) in [4.78, 5) is 16.6. The van der Waals surface area contributed by atoms with Gasteiger partial charge in [-0.1, -0.05) is 80.6 Å².